The van der Waals surface area contributed by atoms with E-state index >= 15 is 0 Å². The van der Waals surface area contributed by atoms with E-state index in [2.05, 4.69) is 10.3 Å². The highest BCUT2D eigenvalue weighted by molar-refractivity contribution is 7.98. The van der Waals surface area contributed by atoms with Crippen LogP contribution in [0.1, 0.15) is 12.6 Å². The van der Waals surface area contributed by atoms with Crippen LogP contribution in [-0.2, 0) is 15.3 Å². The number of hydrogen-bond acceptors (Lipinski definition) is 4. The average molecular weight is 289 g/mol. The second kappa shape index (κ2) is 7.23. The summed E-state index contributed by atoms with van der Waals surface area (Å²) in [5.41, 5.74) is 0.777. The van der Waals surface area contributed by atoms with Crippen LogP contribution in [-0.4, -0.2) is 33.8 Å². The van der Waals surface area contributed by atoms with Crippen molar-refractivity contribution in [2.75, 3.05) is 5.75 Å². The molecule has 0 aliphatic heterocycles. The summed E-state index contributed by atoms with van der Waals surface area (Å²) in [5.74, 6) is -0.576. The van der Waals surface area contributed by atoms with Crippen LogP contribution in [0.2, 0.25) is 5.02 Å². The Morgan fingerprint density at radius 3 is 2.89 bits per heavy atom. The normalized spacial score (nSPS) is 11.9. The fourth-order valence-corrected chi connectivity index (χ4v) is 2.36. The molecule has 0 saturated heterocycles. The molecular weight excluding hydrogens is 276 g/mol. The van der Waals surface area contributed by atoms with Gasteiger partial charge in [-0.3, -0.25) is 9.78 Å². The number of thioether (sulfide) groups is 1. The summed E-state index contributed by atoms with van der Waals surface area (Å²) in [6.07, 6.45) is 1.60. The Labute approximate surface area is 114 Å². The van der Waals surface area contributed by atoms with Gasteiger partial charge in [0.05, 0.1) is 5.69 Å². The molecule has 18 heavy (non-hydrogen) atoms. The summed E-state index contributed by atoms with van der Waals surface area (Å²) in [6.45, 7) is 1.29. The molecule has 5 nitrogen and oxygen atoms in total. The predicted molar refractivity (Wildman–Crippen MR) is 70.6 cm³/mol. The van der Waals surface area contributed by atoms with Gasteiger partial charge in [0.1, 0.15) is 6.04 Å². The van der Waals surface area contributed by atoms with Crippen molar-refractivity contribution >= 4 is 35.2 Å². The first kappa shape index (κ1) is 14.8. The van der Waals surface area contributed by atoms with Crippen molar-refractivity contribution in [2.24, 2.45) is 0 Å². The minimum absolute atomic E-state index is 0.281. The summed E-state index contributed by atoms with van der Waals surface area (Å²) in [4.78, 5) is 25.8. The van der Waals surface area contributed by atoms with Gasteiger partial charge in [-0.2, -0.15) is 11.8 Å². The molecule has 7 heteroatoms. The lowest BCUT2D eigenvalue weighted by Gasteiger charge is -2.12. The van der Waals surface area contributed by atoms with Crippen molar-refractivity contribution in [2.45, 2.75) is 18.7 Å². The molecule has 0 radical (unpaired) electrons. The van der Waals surface area contributed by atoms with Crippen LogP contribution >= 0.6 is 23.4 Å². The molecule has 1 atom stereocenters. The quantitative estimate of drug-likeness (QED) is 0.830. The fourth-order valence-electron chi connectivity index (χ4n) is 1.23. The first-order chi connectivity index (χ1) is 8.49. The van der Waals surface area contributed by atoms with E-state index in [1.54, 1.807) is 18.3 Å². The summed E-state index contributed by atoms with van der Waals surface area (Å²) in [5, 5.41) is 11.9. The van der Waals surface area contributed by atoms with Gasteiger partial charge in [0.25, 0.3) is 0 Å². The molecule has 1 amide bonds. The second-order valence-electron chi connectivity index (χ2n) is 3.57. The van der Waals surface area contributed by atoms with E-state index in [-0.39, 0.29) is 11.7 Å². The first-order valence-electron chi connectivity index (χ1n) is 5.17. The van der Waals surface area contributed by atoms with Crippen LogP contribution in [0.3, 0.4) is 0 Å². The Bertz CT molecular complexity index is 442. The van der Waals surface area contributed by atoms with Gasteiger partial charge in [0.2, 0.25) is 5.91 Å². The number of pyridine rings is 1. The van der Waals surface area contributed by atoms with Crippen molar-refractivity contribution in [3.63, 3.8) is 0 Å². The number of halogens is 1. The molecule has 0 saturated carbocycles. The molecule has 0 bridgehead atoms. The van der Waals surface area contributed by atoms with Gasteiger partial charge in [0.15, 0.2) is 0 Å². The number of aliphatic carboxylic acids is 1. The number of carboxylic acids is 1. The van der Waals surface area contributed by atoms with Crippen LogP contribution < -0.4 is 5.32 Å². The monoisotopic (exact) mass is 288 g/mol. The molecular formula is C11H13ClN2O3S. The third-order valence-electron chi connectivity index (χ3n) is 1.99. The van der Waals surface area contributed by atoms with Gasteiger partial charge < -0.3 is 10.4 Å². The van der Waals surface area contributed by atoms with Gasteiger partial charge in [-0.05, 0) is 12.1 Å². The number of amides is 1. The SMILES string of the molecule is CC(=O)N[C@@H](CSCc1cc(Cl)ccn1)C(=O)O. The van der Waals surface area contributed by atoms with E-state index in [0.717, 1.165) is 5.69 Å². The molecule has 1 aromatic heterocycles. The smallest absolute Gasteiger partial charge is 0.327 e. The molecule has 0 unspecified atom stereocenters. The number of nitrogens with zero attached hydrogens (tertiary/aromatic N) is 1. The Morgan fingerprint density at radius 2 is 2.33 bits per heavy atom. The highest BCUT2D eigenvalue weighted by Crippen LogP contribution is 2.15. The van der Waals surface area contributed by atoms with Gasteiger partial charge in [-0.1, -0.05) is 11.6 Å². The summed E-state index contributed by atoms with van der Waals surface area (Å²) in [6, 6.07) is 2.52. The fraction of sp³-hybridized carbons (Fsp3) is 0.364. The predicted octanol–water partition coefficient (Wildman–Crippen LogP) is 1.56. The van der Waals surface area contributed by atoms with Crippen LogP contribution in [0.4, 0.5) is 0 Å². The van der Waals surface area contributed by atoms with E-state index in [9.17, 15) is 9.59 Å². The van der Waals surface area contributed by atoms with Gasteiger partial charge >= 0.3 is 5.97 Å². The standard InChI is InChI=1S/C11H13ClN2O3S/c1-7(15)14-10(11(16)17)6-18-5-9-4-8(12)2-3-13-9/h2-4,10H,5-6H2,1H3,(H,14,15)(H,16,17)/t10-/m0/s1. The molecule has 1 aromatic rings. The molecule has 0 aliphatic rings. The zero-order valence-electron chi connectivity index (χ0n) is 9.72. The maximum absolute atomic E-state index is 10.9. The highest BCUT2D eigenvalue weighted by Gasteiger charge is 2.17. The van der Waals surface area contributed by atoms with E-state index in [4.69, 9.17) is 16.7 Å². The van der Waals surface area contributed by atoms with Gasteiger partial charge in [-0.25, -0.2) is 4.79 Å². The topological polar surface area (TPSA) is 79.3 Å². The van der Waals surface area contributed by atoms with Gasteiger partial charge in [0, 0.05) is 29.6 Å². The van der Waals surface area contributed by atoms with E-state index in [1.165, 1.54) is 18.7 Å². The Kier molecular flexibility index (Phi) is 5.94. The minimum Gasteiger partial charge on any atom is -0.480 e. The zero-order valence-corrected chi connectivity index (χ0v) is 11.3. The minimum atomic E-state index is -1.04. The summed E-state index contributed by atoms with van der Waals surface area (Å²) < 4.78 is 0. The van der Waals surface area contributed by atoms with Crippen LogP contribution in [0.5, 0.6) is 0 Å². The average Bonchev–Trinajstić information content (AvgIpc) is 2.27. The number of nitrogens with one attached hydrogen (secondary N) is 1. The second-order valence-corrected chi connectivity index (χ2v) is 5.04. The lowest BCUT2D eigenvalue weighted by atomic mass is 10.3. The number of carboxylic acid groups (broad SMARTS) is 1. The maximum atomic E-state index is 10.9. The molecule has 1 heterocycles. The Hall–Kier alpha value is -1.27. The van der Waals surface area contributed by atoms with E-state index in [1.807, 2.05) is 0 Å². The number of carbonyl (C=O) groups is 2. The lowest BCUT2D eigenvalue weighted by Crippen LogP contribution is -2.41. The number of aromatic nitrogens is 1. The van der Waals surface area contributed by atoms with Crippen LogP contribution in [0.25, 0.3) is 0 Å². The molecule has 0 aromatic carbocycles. The van der Waals surface area contributed by atoms with Crippen molar-refractivity contribution in [3.05, 3.63) is 29.0 Å². The third-order valence-corrected chi connectivity index (χ3v) is 3.29. The van der Waals surface area contributed by atoms with Crippen LogP contribution in [0.15, 0.2) is 18.3 Å². The number of hydrogen-bond donors (Lipinski definition) is 2. The molecule has 98 valence electrons. The Balaban J connectivity index is 2.43. The lowest BCUT2D eigenvalue weighted by molar-refractivity contribution is -0.140. The van der Waals surface area contributed by atoms with E-state index < -0.39 is 12.0 Å². The molecule has 0 spiro atoms. The van der Waals surface area contributed by atoms with Crippen molar-refractivity contribution in [1.29, 1.82) is 0 Å². The summed E-state index contributed by atoms with van der Waals surface area (Å²) >= 11 is 7.18. The number of rotatable bonds is 6. The Morgan fingerprint density at radius 1 is 1.61 bits per heavy atom. The first-order valence-corrected chi connectivity index (χ1v) is 6.70. The molecule has 1 rings (SSSR count). The highest BCUT2D eigenvalue weighted by atomic mass is 35.5. The number of carbonyl (C=O) groups excluding carboxylic acids is 1. The summed E-state index contributed by atoms with van der Waals surface area (Å²) in [7, 11) is 0. The molecule has 0 fully saturated rings. The van der Waals surface area contributed by atoms with Crippen molar-refractivity contribution in [1.82, 2.24) is 10.3 Å². The van der Waals surface area contributed by atoms with Crippen molar-refractivity contribution in [3.8, 4) is 0 Å². The molecule has 2 N–H and O–H groups in total. The third kappa shape index (κ3) is 5.37. The zero-order chi connectivity index (χ0) is 13.5. The maximum Gasteiger partial charge on any atom is 0.327 e. The van der Waals surface area contributed by atoms with Crippen LogP contribution in [0, 0.1) is 0 Å². The van der Waals surface area contributed by atoms with Gasteiger partial charge in [-0.15, -0.1) is 0 Å². The van der Waals surface area contributed by atoms with Crippen molar-refractivity contribution < 1.29 is 14.7 Å². The van der Waals surface area contributed by atoms with E-state index in [0.29, 0.717) is 10.8 Å². The molecule has 0 aliphatic carbocycles. The largest absolute Gasteiger partial charge is 0.480 e.